The van der Waals surface area contributed by atoms with Gasteiger partial charge in [-0.15, -0.1) is 4.73 Å². The van der Waals surface area contributed by atoms with Crippen LogP contribution in [0.5, 0.6) is 0 Å². The summed E-state index contributed by atoms with van der Waals surface area (Å²) >= 11 is 0. The number of carbonyl (C=O) groups is 2. The number of esters is 1. The van der Waals surface area contributed by atoms with E-state index >= 15 is 0 Å². The normalized spacial score (nSPS) is 13.7. The number of fused-ring (bicyclic) bond motifs is 2. The molecular weight excluding hydrogens is 280 g/mol. The maximum absolute atomic E-state index is 12.4. The molecule has 2 N–H and O–H groups in total. The Bertz CT molecular complexity index is 789. The Hall–Kier alpha value is -2.94. The number of nitrogens with zero attached hydrogens (tertiary/aromatic N) is 2. The van der Waals surface area contributed by atoms with E-state index in [0.717, 1.165) is 0 Å². The SMILES string of the molecule is COC(=O)c1cccc2c1[n+]([O-])c1c([n+]2[O-])C(=O)NNC1. The smallest absolute Gasteiger partial charge is 0.354 e. The van der Waals surface area contributed by atoms with Crippen LogP contribution < -0.4 is 20.3 Å². The van der Waals surface area contributed by atoms with Gasteiger partial charge in [0.1, 0.15) is 12.1 Å². The van der Waals surface area contributed by atoms with E-state index in [2.05, 4.69) is 15.6 Å². The molecule has 1 aliphatic heterocycles. The molecule has 2 aromatic rings. The van der Waals surface area contributed by atoms with Gasteiger partial charge in [0.05, 0.1) is 7.11 Å². The number of aromatic nitrogens is 2. The standard InChI is InChI=1S/C12H10N4O5/c1-21-12(18)6-3-2-4-7-9(6)16(20)8-5-13-14-11(17)10(8)15(7)19/h2-4,13H,5H2,1H3,(H,14,17). The monoisotopic (exact) mass is 290 g/mol. The molecule has 3 rings (SSSR count). The summed E-state index contributed by atoms with van der Waals surface area (Å²) in [4.78, 5) is 23.5. The second-order valence-corrected chi connectivity index (χ2v) is 4.36. The molecule has 1 aromatic carbocycles. The third kappa shape index (κ3) is 1.75. The zero-order valence-corrected chi connectivity index (χ0v) is 10.9. The number of hydrogen-bond acceptors (Lipinski definition) is 6. The van der Waals surface area contributed by atoms with E-state index in [0.29, 0.717) is 9.46 Å². The largest absolute Gasteiger partial charge is 0.618 e. The van der Waals surface area contributed by atoms with Gasteiger partial charge in [0.25, 0.3) is 11.2 Å². The second-order valence-electron chi connectivity index (χ2n) is 4.36. The molecule has 1 aliphatic rings. The topological polar surface area (TPSA) is 121 Å². The highest BCUT2D eigenvalue weighted by Crippen LogP contribution is 2.16. The molecular formula is C12H10N4O5. The molecule has 0 unspecified atom stereocenters. The molecule has 108 valence electrons. The Morgan fingerprint density at radius 1 is 1.33 bits per heavy atom. The summed E-state index contributed by atoms with van der Waals surface area (Å²) in [6, 6.07) is 4.18. The highest BCUT2D eigenvalue weighted by Gasteiger charge is 2.38. The van der Waals surface area contributed by atoms with Crippen molar-refractivity contribution in [3.05, 3.63) is 45.6 Å². The Kier molecular flexibility index (Phi) is 2.84. The molecule has 0 radical (unpaired) electrons. The Labute approximate surface area is 117 Å². The van der Waals surface area contributed by atoms with Crippen molar-refractivity contribution >= 4 is 22.9 Å². The number of methoxy groups -OCH3 is 1. The van der Waals surface area contributed by atoms with Crippen LogP contribution in [0, 0.1) is 10.4 Å². The van der Waals surface area contributed by atoms with E-state index in [9.17, 15) is 20.0 Å². The lowest BCUT2D eigenvalue weighted by Crippen LogP contribution is -2.57. The van der Waals surface area contributed by atoms with Crippen molar-refractivity contribution < 1.29 is 23.8 Å². The van der Waals surface area contributed by atoms with Crippen LogP contribution in [0.4, 0.5) is 0 Å². The van der Waals surface area contributed by atoms with Crippen LogP contribution in [0.2, 0.25) is 0 Å². The molecule has 9 heteroatoms. The number of rotatable bonds is 1. The van der Waals surface area contributed by atoms with Gasteiger partial charge in [-0.25, -0.2) is 10.2 Å². The van der Waals surface area contributed by atoms with Gasteiger partial charge in [-0.1, -0.05) is 6.07 Å². The average molecular weight is 290 g/mol. The van der Waals surface area contributed by atoms with Crippen molar-refractivity contribution in [2.24, 2.45) is 0 Å². The molecule has 0 saturated heterocycles. The summed E-state index contributed by atoms with van der Waals surface area (Å²) in [5.41, 5.74) is 4.16. The number of amides is 1. The quantitative estimate of drug-likeness (QED) is 0.380. The van der Waals surface area contributed by atoms with Gasteiger partial charge in [0, 0.05) is 6.07 Å². The van der Waals surface area contributed by atoms with Gasteiger partial charge in [0.2, 0.25) is 0 Å². The minimum Gasteiger partial charge on any atom is -0.618 e. The summed E-state index contributed by atoms with van der Waals surface area (Å²) in [5, 5.41) is 24.8. The van der Waals surface area contributed by atoms with Crippen molar-refractivity contribution in [2.45, 2.75) is 6.54 Å². The Morgan fingerprint density at radius 2 is 2.10 bits per heavy atom. The van der Waals surface area contributed by atoms with Crippen LogP contribution in [-0.2, 0) is 11.3 Å². The molecule has 2 heterocycles. The Morgan fingerprint density at radius 3 is 2.81 bits per heavy atom. The molecule has 0 fully saturated rings. The fourth-order valence-corrected chi connectivity index (χ4v) is 2.30. The maximum Gasteiger partial charge on any atom is 0.354 e. The molecule has 1 amide bonds. The van der Waals surface area contributed by atoms with Gasteiger partial charge in [-0.05, 0) is 6.07 Å². The van der Waals surface area contributed by atoms with Crippen molar-refractivity contribution in [3.63, 3.8) is 0 Å². The lowest BCUT2D eigenvalue weighted by atomic mass is 10.1. The maximum atomic E-state index is 12.4. The molecule has 0 aliphatic carbocycles. The minimum atomic E-state index is -0.738. The fourth-order valence-electron chi connectivity index (χ4n) is 2.30. The van der Waals surface area contributed by atoms with Crippen molar-refractivity contribution in [3.8, 4) is 0 Å². The first-order valence-electron chi connectivity index (χ1n) is 5.98. The average Bonchev–Trinajstić information content (AvgIpc) is 2.51. The van der Waals surface area contributed by atoms with Crippen LogP contribution in [0.25, 0.3) is 11.0 Å². The van der Waals surface area contributed by atoms with Crippen LogP contribution in [0.15, 0.2) is 18.2 Å². The van der Waals surface area contributed by atoms with Crippen molar-refractivity contribution in [2.75, 3.05) is 7.11 Å². The van der Waals surface area contributed by atoms with E-state index in [1.807, 2.05) is 0 Å². The zero-order valence-electron chi connectivity index (χ0n) is 10.9. The summed E-state index contributed by atoms with van der Waals surface area (Å²) in [6.45, 7) is -0.0295. The molecule has 0 atom stereocenters. The van der Waals surface area contributed by atoms with Crippen LogP contribution in [0.3, 0.4) is 0 Å². The number of carbonyl (C=O) groups excluding carboxylic acids is 2. The number of para-hydroxylation sites is 1. The molecule has 21 heavy (non-hydrogen) atoms. The third-order valence-corrected chi connectivity index (χ3v) is 3.24. The van der Waals surface area contributed by atoms with Crippen LogP contribution >= 0.6 is 0 Å². The van der Waals surface area contributed by atoms with Gasteiger partial charge >= 0.3 is 23.1 Å². The highest BCUT2D eigenvalue weighted by molar-refractivity contribution is 6.00. The lowest BCUT2D eigenvalue weighted by Gasteiger charge is -2.17. The first kappa shape index (κ1) is 13.1. The zero-order chi connectivity index (χ0) is 15.1. The first-order chi connectivity index (χ1) is 10.1. The summed E-state index contributed by atoms with van der Waals surface area (Å²) in [5.74, 6) is -1.44. The van der Waals surface area contributed by atoms with Crippen LogP contribution in [0.1, 0.15) is 26.5 Å². The molecule has 0 saturated carbocycles. The molecule has 1 aromatic heterocycles. The van der Waals surface area contributed by atoms with Crippen molar-refractivity contribution in [1.82, 2.24) is 10.9 Å². The van der Waals surface area contributed by atoms with E-state index < -0.39 is 11.9 Å². The van der Waals surface area contributed by atoms with E-state index in [4.69, 9.17) is 0 Å². The van der Waals surface area contributed by atoms with E-state index in [-0.39, 0.29) is 34.5 Å². The Balaban J connectivity index is 2.46. The molecule has 0 bridgehead atoms. The third-order valence-electron chi connectivity index (χ3n) is 3.24. The summed E-state index contributed by atoms with van der Waals surface area (Å²) in [6.07, 6.45) is 0. The van der Waals surface area contributed by atoms with Gasteiger partial charge in [-0.3, -0.25) is 10.2 Å². The number of hydrogen-bond donors (Lipinski definition) is 2. The summed E-state index contributed by atoms with van der Waals surface area (Å²) < 4.78 is 5.37. The van der Waals surface area contributed by atoms with Gasteiger partial charge < -0.3 is 15.2 Å². The molecule has 0 spiro atoms. The van der Waals surface area contributed by atoms with E-state index in [1.165, 1.54) is 25.3 Å². The number of hydrazine groups is 1. The highest BCUT2D eigenvalue weighted by atomic mass is 16.5. The number of ether oxygens (including phenoxy) is 1. The number of benzene rings is 1. The first-order valence-corrected chi connectivity index (χ1v) is 5.98. The summed E-state index contributed by atoms with van der Waals surface area (Å²) in [7, 11) is 1.18. The second kappa shape index (κ2) is 4.56. The fraction of sp³-hybridized carbons (Fsp3) is 0.167. The van der Waals surface area contributed by atoms with Crippen molar-refractivity contribution in [1.29, 1.82) is 0 Å². The minimum absolute atomic E-state index is 0.0295. The predicted octanol–water partition coefficient (Wildman–Crippen LogP) is -1.36. The molecule has 9 nitrogen and oxygen atoms in total. The van der Waals surface area contributed by atoms with Crippen LogP contribution in [-0.4, -0.2) is 19.0 Å². The number of nitrogens with one attached hydrogen (secondary N) is 2. The lowest BCUT2D eigenvalue weighted by molar-refractivity contribution is -0.637. The predicted molar refractivity (Wildman–Crippen MR) is 67.5 cm³/mol. The van der Waals surface area contributed by atoms with Gasteiger partial charge in [-0.2, -0.15) is 4.73 Å². The van der Waals surface area contributed by atoms with E-state index in [1.54, 1.807) is 0 Å². The van der Waals surface area contributed by atoms with Gasteiger partial charge in [0.15, 0.2) is 0 Å².